The van der Waals surface area contributed by atoms with Gasteiger partial charge in [0.25, 0.3) is 10.0 Å². The van der Waals surface area contributed by atoms with Crippen molar-refractivity contribution in [3.63, 3.8) is 0 Å². The largest absolute Gasteiger partial charge is 0.493 e. The standard InChI is InChI=1S/C25H26Cl2N2O5S2/c1-33-23-13-12-22(16-24(23)34-2)36(31,32)29(20-8-4-18(26)5-9-20)17-25(30)28-14-3-15-35-21-10-6-19(27)7-11-21/h4-13,16H,3,14-15,17H2,1-2H3,(H,28,30). The van der Waals surface area contributed by atoms with E-state index in [1.165, 1.54) is 32.4 Å². The van der Waals surface area contributed by atoms with Gasteiger partial charge in [-0.05, 0) is 72.8 Å². The summed E-state index contributed by atoms with van der Waals surface area (Å²) in [5.74, 6) is 1.01. The number of nitrogens with zero attached hydrogens (tertiary/aromatic N) is 1. The number of carbonyl (C=O) groups is 1. The number of ether oxygens (including phenoxy) is 2. The molecular formula is C25H26Cl2N2O5S2. The molecule has 3 aromatic rings. The number of sulfonamides is 1. The first kappa shape index (κ1) is 28.0. The van der Waals surface area contributed by atoms with Crippen molar-refractivity contribution < 1.29 is 22.7 Å². The number of halogens is 2. The zero-order chi connectivity index (χ0) is 26.1. The average Bonchev–Trinajstić information content (AvgIpc) is 2.88. The number of rotatable bonds is 12. The molecule has 3 aromatic carbocycles. The third-order valence-corrected chi connectivity index (χ3v) is 8.44. The lowest BCUT2D eigenvalue weighted by Crippen LogP contribution is -2.41. The molecule has 1 amide bonds. The first-order chi connectivity index (χ1) is 17.2. The van der Waals surface area contributed by atoms with Crippen LogP contribution in [0.2, 0.25) is 10.0 Å². The van der Waals surface area contributed by atoms with Gasteiger partial charge >= 0.3 is 0 Å². The van der Waals surface area contributed by atoms with Crippen LogP contribution in [0.15, 0.2) is 76.5 Å². The van der Waals surface area contributed by atoms with E-state index in [1.54, 1.807) is 36.0 Å². The van der Waals surface area contributed by atoms with Gasteiger partial charge in [0, 0.05) is 27.6 Å². The Balaban J connectivity index is 1.70. The molecule has 0 aliphatic rings. The SMILES string of the molecule is COc1ccc(S(=O)(=O)N(CC(=O)NCCCSc2ccc(Cl)cc2)c2ccc(Cl)cc2)cc1OC. The van der Waals surface area contributed by atoms with Crippen LogP contribution in [-0.4, -0.2) is 47.4 Å². The van der Waals surface area contributed by atoms with Crippen LogP contribution in [0.3, 0.4) is 0 Å². The fraction of sp³-hybridized carbons (Fsp3) is 0.240. The van der Waals surface area contributed by atoms with E-state index in [9.17, 15) is 13.2 Å². The number of amides is 1. The monoisotopic (exact) mass is 568 g/mol. The van der Waals surface area contributed by atoms with Crippen LogP contribution >= 0.6 is 35.0 Å². The molecule has 0 radical (unpaired) electrons. The van der Waals surface area contributed by atoms with Crippen molar-refractivity contribution in [2.24, 2.45) is 0 Å². The number of nitrogens with one attached hydrogen (secondary N) is 1. The predicted octanol–water partition coefficient (Wildman–Crippen LogP) is 5.50. The van der Waals surface area contributed by atoms with Crippen molar-refractivity contribution in [3.8, 4) is 11.5 Å². The summed E-state index contributed by atoms with van der Waals surface area (Å²) in [5.41, 5.74) is 0.308. The molecule has 0 atom stereocenters. The highest BCUT2D eigenvalue weighted by Gasteiger charge is 2.28. The predicted molar refractivity (Wildman–Crippen MR) is 145 cm³/mol. The number of benzene rings is 3. The minimum Gasteiger partial charge on any atom is -0.493 e. The van der Waals surface area contributed by atoms with Crippen LogP contribution in [0.5, 0.6) is 11.5 Å². The Kier molecular flexibility index (Phi) is 10.2. The zero-order valence-corrected chi connectivity index (χ0v) is 22.9. The first-order valence-electron chi connectivity index (χ1n) is 10.9. The van der Waals surface area contributed by atoms with Crippen LogP contribution in [0.25, 0.3) is 0 Å². The number of carbonyl (C=O) groups excluding carboxylic acids is 1. The lowest BCUT2D eigenvalue weighted by atomic mass is 10.3. The van der Waals surface area contributed by atoms with Gasteiger partial charge in [-0.15, -0.1) is 11.8 Å². The Hall–Kier alpha value is -2.59. The number of anilines is 1. The molecule has 0 bridgehead atoms. The normalized spacial score (nSPS) is 11.1. The highest BCUT2D eigenvalue weighted by Crippen LogP contribution is 2.32. The molecule has 7 nitrogen and oxygen atoms in total. The maximum Gasteiger partial charge on any atom is 0.264 e. The van der Waals surface area contributed by atoms with Crippen molar-refractivity contribution in [2.45, 2.75) is 16.2 Å². The first-order valence-corrected chi connectivity index (χ1v) is 14.1. The molecule has 0 aromatic heterocycles. The molecule has 192 valence electrons. The van der Waals surface area contributed by atoms with Crippen LogP contribution in [0.1, 0.15) is 6.42 Å². The quantitative estimate of drug-likeness (QED) is 0.229. The van der Waals surface area contributed by atoms with E-state index >= 15 is 0 Å². The number of hydrogen-bond donors (Lipinski definition) is 1. The van der Waals surface area contributed by atoms with E-state index in [1.807, 2.05) is 24.3 Å². The number of thioether (sulfide) groups is 1. The summed E-state index contributed by atoms with van der Waals surface area (Å²) in [7, 11) is -1.23. The summed E-state index contributed by atoms with van der Waals surface area (Å²) in [6.07, 6.45) is 0.711. The maximum absolute atomic E-state index is 13.6. The fourth-order valence-electron chi connectivity index (χ4n) is 3.23. The minimum absolute atomic E-state index is 0.0396. The van der Waals surface area contributed by atoms with Gasteiger partial charge in [-0.2, -0.15) is 0 Å². The average molecular weight is 570 g/mol. The third-order valence-electron chi connectivity index (χ3n) is 5.07. The van der Waals surface area contributed by atoms with Gasteiger partial charge in [-0.25, -0.2) is 8.42 Å². The lowest BCUT2D eigenvalue weighted by molar-refractivity contribution is -0.119. The van der Waals surface area contributed by atoms with Gasteiger partial charge in [-0.1, -0.05) is 23.2 Å². The summed E-state index contributed by atoms with van der Waals surface area (Å²) in [6, 6.07) is 18.1. The molecule has 0 aliphatic carbocycles. The molecule has 0 saturated heterocycles. The van der Waals surface area contributed by atoms with Crippen LogP contribution in [0.4, 0.5) is 5.69 Å². The Bertz CT molecular complexity index is 1270. The fourth-order valence-corrected chi connectivity index (χ4v) is 5.78. The summed E-state index contributed by atoms with van der Waals surface area (Å²) in [6.45, 7) is 0.00687. The van der Waals surface area contributed by atoms with Crippen LogP contribution in [-0.2, 0) is 14.8 Å². The topological polar surface area (TPSA) is 84.9 Å². The Labute approximate surface area is 225 Å². The summed E-state index contributed by atoms with van der Waals surface area (Å²) in [5, 5.41) is 3.93. The highest BCUT2D eigenvalue weighted by atomic mass is 35.5. The molecule has 0 saturated carbocycles. The van der Waals surface area contributed by atoms with E-state index in [0.717, 1.165) is 15.0 Å². The van der Waals surface area contributed by atoms with Gasteiger partial charge in [0.2, 0.25) is 5.91 Å². The summed E-state index contributed by atoms with van der Waals surface area (Å²) in [4.78, 5) is 13.8. The second kappa shape index (κ2) is 13.1. The van der Waals surface area contributed by atoms with E-state index in [0.29, 0.717) is 34.4 Å². The van der Waals surface area contributed by atoms with E-state index in [2.05, 4.69) is 5.32 Å². The van der Waals surface area contributed by atoms with E-state index in [-0.39, 0.29) is 10.6 Å². The van der Waals surface area contributed by atoms with Gasteiger partial charge in [-0.3, -0.25) is 9.10 Å². The molecular weight excluding hydrogens is 543 g/mol. The Morgan fingerprint density at radius 1 is 0.917 bits per heavy atom. The smallest absolute Gasteiger partial charge is 0.264 e. The van der Waals surface area contributed by atoms with Crippen molar-refractivity contribution in [1.29, 1.82) is 0 Å². The molecule has 11 heteroatoms. The van der Waals surface area contributed by atoms with Crippen LogP contribution in [0, 0.1) is 0 Å². The minimum atomic E-state index is -4.12. The second-order valence-corrected chi connectivity index (χ2v) is 11.4. The highest BCUT2D eigenvalue weighted by molar-refractivity contribution is 7.99. The number of hydrogen-bond acceptors (Lipinski definition) is 6. The lowest BCUT2D eigenvalue weighted by Gasteiger charge is -2.24. The molecule has 0 fully saturated rings. The molecule has 0 heterocycles. The van der Waals surface area contributed by atoms with Gasteiger partial charge < -0.3 is 14.8 Å². The third kappa shape index (κ3) is 7.46. The molecule has 3 rings (SSSR count). The zero-order valence-electron chi connectivity index (χ0n) is 19.7. The van der Waals surface area contributed by atoms with Gasteiger partial charge in [0.05, 0.1) is 24.8 Å². The van der Waals surface area contributed by atoms with Gasteiger partial charge in [0.1, 0.15) is 6.54 Å². The van der Waals surface area contributed by atoms with Crippen molar-refractivity contribution >= 4 is 56.6 Å². The van der Waals surface area contributed by atoms with E-state index in [4.69, 9.17) is 32.7 Å². The Morgan fingerprint density at radius 2 is 1.53 bits per heavy atom. The molecule has 0 spiro atoms. The second-order valence-electron chi connectivity index (χ2n) is 7.51. The van der Waals surface area contributed by atoms with E-state index < -0.39 is 22.5 Å². The molecule has 0 unspecified atom stereocenters. The van der Waals surface area contributed by atoms with Crippen molar-refractivity contribution in [1.82, 2.24) is 5.32 Å². The van der Waals surface area contributed by atoms with Gasteiger partial charge in [0.15, 0.2) is 11.5 Å². The molecule has 36 heavy (non-hydrogen) atoms. The summed E-state index contributed by atoms with van der Waals surface area (Å²) >= 11 is 13.5. The molecule has 0 aliphatic heterocycles. The van der Waals surface area contributed by atoms with Crippen LogP contribution < -0.4 is 19.1 Å². The summed E-state index contributed by atoms with van der Waals surface area (Å²) < 4.78 is 38.7. The molecule has 1 N–H and O–H groups in total. The van der Waals surface area contributed by atoms with Crippen molar-refractivity contribution in [3.05, 3.63) is 76.8 Å². The number of methoxy groups -OCH3 is 2. The van der Waals surface area contributed by atoms with Crippen molar-refractivity contribution in [2.75, 3.05) is 37.4 Å². The Morgan fingerprint density at radius 3 is 2.14 bits per heavy atom. The maximum atomic E-state index is 13.6.